The maximum absolute atomic E-state index is 2.57. The third kappa shape index (κ3) is 4.10. The summed E-state index contributed by atoms with van der Waals surface area (Å²) in [5, 5.41) is 2.70. The molecule has 2 aromatic heterocycles. The van der Waals surface area contributed by atoms with Gasteiger partial charge in [0.05, 0.1) is 10.9 Å². The predicted molar refractivity (Wildman–Crippen MR) is 123 cm³/mol. The lowest BCUT2D eigenvalue weighted by atomic mass is 9.85. The van der Waals surface area contributed by atoms with Crippen LogP contribution in [0.25, 0.3) is 32.8 Å². The number of nitrogens with zero attached hydrogens (tertiary/aromatic N) is 2. The number of aryl methyl sites for hydroxylation is 2. The lowest BCUT2D eigenvalue weighted by Gasteiger charge is -2.21. The summed E-state index contributed by atoms with van der Waals surface area (Å²) in [5.74, 6) is 1.02. The molecule has 0 saturated heterocycles. The van der Waals surface area contributed by atoms with E-state index in [4.69, 9.17) is 0 Å². The lowest BCUT2D eigenvalue weighted by molar-refractivity contribution is -0.616. The Morgan fingerprint density at radius 2 is 1.63 bits per heavy atom. The van der Waals surface area contributed by atoms with Gasteiger partial charge in [-0.25, -0.2) is 0 Å². The zero-order valence-corrected chi connectivity index (χ0v) is 20.3. The smallest absolute Gasteiger partial charge is 0.238 e. The van der Waals surface area contributed by atoms with Crippen molar-refractivity contribution in [2.75, 3.05) is 0 Å². The number of pyridine rings is 1. The average molecular weight is 512 g/mol. The summed E-state index contributed by atoms with van der Waals surface area (Å²) in [5.41, 5.74) is 5.41. The molecular formula is C27H33IN2. The topological polar surface area (TPSA) is 8.81 Å². The van der Waals surface area contributed by atoms with Crippen molar-refractivity contribution < 1.29 is 28.5 Å². The minimum absolute atomic E-state index is 0. The van der Waals surface area contributed by atoms with Crippen molar-refractivity contribution in [3.05, 3.63) is 54.6 Å². The van der Waals surface area contributed by atoms with Crippen LogP contribution in [0.1, 0.15) is 57.8 Å². The number of halogens is 1. The monoisotopic (exact) mass is 512 g/mol. The zero-order valence-electron chi connectivity index (χ0n) is 18.1. The summed E-state index contributed by atoms with van der Waals surface area (Å²) in [4.78, 5) is 0. The molecule has 1 aliphatic carbocycles. The Morgan fingerprint density at radius 1 is 0.867 bits per heavy atom. The van der Waals surface area contributed by atoms with Crippen LogP contribution in [-0.4, -0.2) is 4.57 Å². The molecule has 2 nitrogen and oxygen atoms in total. The third-order valence-corrected chi connectivity index (χ3v) is 7.13. The summed E-state index contributed by atoms with van der Waals surface area (Å²) < 4.78 is 4.95. The molecule has 4 aromatic rings. The summed E-state index contributed by atoms with van der Waals surface area (Å²) >= 11 is 0. The van der Waals surface area contributed by atoms with Gasteiger partial charge in [-0.15, -0.1) is 0 Å². The Labute approximate surface area is 197 Å². The van der Waals surface area contributed by atoms with Crippen LogP contribution in [0.3, 0.4) is 0 Å². The maximum Gasteiger partial charge on any atom is 0.238 e. The fourth-order valence-electron chi connectivity index (χ4n) is 5.58. The van der Waals surface area contributed by atoms with Gasteiger partial charge in [-0.05, 0) is 36.6 Å². The molecule has 0 aliphatic heterocycles. The van der Waals surface area contributed by atoms with Gasteiger partial charge in [0.2, 0.25) is 11.0 Å². The highest BCUT2D eigenvalue weighted by atomic mass is 127. The van der Waals surface area contributed by atoms with E-state index in [1.165, 1.54) is 90.6 Å². The molecule has 5 rings (SSSR count). The molecule has 1 saturated carbocycles. The lowest BCUT2D eigenvalue weighted by Crippen LogP contribution is -3.00. The second-order valence-corrected chi connectivity index (χ2v) is 9.02. The van der Waals surface area contributed by atoms with Crippen LogP contribution in [0.15, 0.2) is 54.6 Å². The van der Waals surface area contributed by atoms with Crippen molar-refractivity contribution in [3.8, 4) is 0 Å². The molecule has 2 heterocycles. The van der Waals surface area contributed by atoms with Gasteiger partial charge in [0.25, 0.3) is 0 Å². The quantitative estimate of drug-likeness (QED) is 0.211. The van der Waals surface area contributed by atoms with Gasteiger partial charge in [-0.3, -0.25) is 0 Å². The Hall–Kier alpha value is -1.62. The molecule has 0 unspecified atom stereocenters. The Kier molecular flexibility index (Phi) is 6.97. The number of hydrogen-bond acceptors (Lipinski definition) is 0. The molecule has 0 N–H and O–H groups in total. The summed E-state index contributed by atoms with van der Waals surface area (Å²) in [6, 6.07) is 20.1. The van der Waals surface area contributed by atoms with Crippen molar-refractivity contribution >= 4 is 32.8 Å². The molecule has 0 radical (unpaired) electrons. The first kappa shape index (κ1) is 21.6. The van der Waals surface area contributed by atoms with E-state index in [2.05, 4.69) is 70.8 Å². The number of benzene rings is 2. The van der Waals surface area contributed by atoms with E-state index < -0.39 is 0 Å². The average Bonchev–Trinajstić information content (AvgIpc) is 3.08. The number of unbranched alkanes of at least 4 members (excludes halogenated alkanes) is 2. The van der Waals surface area contributed by atoms with Crippen LogP contribution in [0.5, 0.6) is 0 Å². The SMILES string of the molecule is C[n+]1c2ccccc2cc2c1c1ccccc1n2CCCCCC1CCCCC1.[I-]. The minimum Gasteiger partial charge on any atom is -1.00 e. The number of rotatable bonds is 6. The van der Waals surface area contributed by atoms with Crippen molar-refractivity contribution in [2.45, 2.75) is 64.3 Å². The van der Waals surface area contributed by atoms with Gasteiger partial charge >= 0.3 is 0 Å². The fraction of sp³-hybridized carbons (Fsp3) is 0.444. The van der Waals surface area contributed by atoms with Gasteiger partial charge in [0.1, 0.15) is 12.6 Å². The van der Waals surface area contributed by atoms with Crippen molar-refractivity contribution in [3.63, 3.8) is 0 Å². The zero-order chi connectivity index (χ0) is 19.6. The van der Waals surface area contributed by atoms with Gasteiger partial charge in [-0.2, -0.15) is 4.57 Å². The van der Waals surface area contributed by atoms with Gasteiger partial charge in [-0.1, -0.05) is 75.6 Å². The van der Waals surface area contributed by atoms with Gasteiger partial charge in [0, 0.05) is 18.0 Å². The van der Waals surface area contributed by atoms with Crippen LogP contribution in [0.4, 0.5) is 0 Å². The van der Waals surface area contributed by atoms with Crippen LogP contribution in [0, 0.1) is 5.92 Å². The molecule has 0 amide bonds. The first-order chi connectivity index (χ1) is 14.3. The highest BCUT2D eigenvalue weighted by molar-refractivity contribution is 6.06. The van der Waals surface area contributed by atoms with E-state index >= 15 is 0 Å². The maximum atomic E-state index is 2.57. The third-order valence-electron chi connectivity index (χ3n) is 7.13. The van der Waals surface area contributed by atoms with E-state index in [0.29, 0.717) is 0 Å². The van der Waals surface area contributed by atoms with E-state index in [1.54, 1.807) is 0 Å². The van der Waals surface area contributed by atoms with Crippen LogP contribution < -0.4 is 28.5 Å². The van der Waals surface area contributed by atoms with E-state index in [1.807, 2.05) is 0 Å². The molecule has 0 atom stereocenters. The van der Waals surface area contributed by atoms with E-state index in [-0.39, 0.29) is 24.0 Å². The summed E-state index contributed by atoms with van der Waals surface area (Å²) in [7, 11) is 2.21. The second kappa shape index (κ2) is 9.67. The van der Waals surface area contributed by atoms with Crippen LogP contribution in [0.2, 0.25) is 0 Å². The predicted octanol–water partition coefficient (Wildman–Crippen LogP) is 3.92. The standard InChI is InChI=1S/C27H33N2.HI/c1-28-24-17-9-7-15-22(24)20-26-27(28)23-16-8-10-18-25(23)29(26)19-11-3-6-14-21-12-4-2-5-13-21;/h7-10,15-18,20-21H,2-6,11-14,19H2,1H3;1H/q+1;/p-1. The molecule has 30 heavy (non-hydrogen) atoms. The van der Waals surface area contributed by atoms with Crippen molar-refractivity contribution in [1.29, 1.82) is 0 Å². The number of para-hydroxylation sites is 2. The highest BCUT2D eigenvalue weighted by Gasteiger charge is 2.20. The van der Waals surface area contributed by atoms with E-state index in [9.17, 15) is 0 Å². The second-order valence-electron chi connectivity index (χ2n) is 9.02. The Balaban J connectivity index is 0.00000218. The largest absolute Gasteiger partial charge is 1.00 e. The fourth-order valence-corrected chi connectivity index (χ4v) is 5.58. The minimum atomic E-state index is 0. The Bertz CT molecular complexity index is 1140. The van der Waals surface area contributed by atoms with Crippen molar-refractivity contribution in [1.82, 2.24) is 4.57 Å². The first-order valence-corrected chi connectivity index (χ1v) is 11.6. The molecule has 0 spiro atoms. The molecule has 3 heteroatoms. The highest BCUT2D eigenvalue weighted by Crippen LogP contribution is 2.30. The van der Waals surface area contributed by atoms with Crippen molar-refractivity contribution in [2.24, 2.45) is 13.0 Å². The molecule has 158 valence electrons. The first-order valence-electron chi connectivity index (χ1n) is 11.6. The number of aromatic nitrogens is 2. The molecule has 0 bridgehead atoms. The van der Waals surface area contributed by atoms with Crippen LogP contribution in [-0.2, 0) is 13.6 Å². The molecule has 1 fully saturated rings. The van der Waals surface area contributed by atoms with Gasteiger partial charge in [0.15, 0.2) is 0 Å². The normalized spacial score (nSPS) is 15.1. The Morgan fingerprint density at radius 3 is 2.50 bits per heavy atom. The molecule has 1 aliphatic rings. The summed E-state index contributed by atoms with van der Waals surface area (Å²) in [6.07, 6.45) is 12.9. The van der Waals surface area contributed by atoms with E-state index in [0.717, 1.165) is 12.5 Å². The van der Waals surface area contributed by atoms with Gasteiger partial charge < -0.3 is 28.5 Å². The van der Waals surface area contributed by atoms with Crippen LogP contribution >= 0.6 is 0 Å². The number of fused-ring (bicyclic) bond motifs is 4. The molecule has 2 aromatic carbocycles. The summed E-state index contributed by atoms with van der Waals surface area (Å²) in [6.45, 7) is 1.12. The number of hydrogen-bond donors (Lipinski definition) is 0. The molecular weight excluding hydrogens is 479 g/mol.